The van der Waals surface area contributed by atoms with Gasteiger partial charge in [0.15, 0.2) is 0 Å². The van der Waals surface area contributed by atoms with Gasteiger partial charge in [0.2, 0.25) is 5.91 Å². The van der Waals surface area contributed by atoms with Crippen LogP contribution in [0.3, 0.4) is 0 Å². The third kappa shape index (κ3) is 3.72. The first-order chi connectivity index (χ1) is 10.0. The van der Waals surface area contributed by atoms with E-state index in [-0.39, 0.29) is 17.1 Å². The van der Waals surface area contributed by atoms with Crippen LogP contribution >= 0.6 is 11.8 Å². The van der Waals surface area contributed by atoms with Crippen molar-refractivity contribution >= 4 is 40.6 Å². The second-order valence-electron chi connectivity index (χ2n) is 4.64. The number of imide groups is 1. The normalized spacial score (nSPS) is 16.7. The van der Waals surface area contributed by atoms with Gasteiger partial charge in [-0.1, -0.05) is 19.1 Å². The maximum atomic E-state index is 12.1. The van der Waals surface area contributed by atoms with Crippen LogP contribution in [0.5, 0.6) is 0 Å². The lowest BCUT2D eigenvalue weighted by molar-refractivity contribution is -0.122. The largest absolute Gasteiger partial charge is 0.326 e. The average molecular weight is 304 g/mol. The Morgan fingerprint density at radius 3 is 2.52 bits per heavy atom. The van der Waals surface area contributed by atoms with Crippen LogP contribution < -0.4 is 5.32 Å². The number of amides is 3. The van der Waals surface area contributed by atoms with E-state index >= 15 is 0 Å². The molecule has 1 saturated heterocycles. The highest BCUT2D eigenvalue weighted by atomic mass is 32.2. The standard InChI is InChI=1S/C15H16N2O3S/c1-3-8-17-14(19)13(21-15(17)20)9-11-4-6-12(7-5-11)16-10(2)18/h4-7,9H,3,8H2,1-2H3,(H,16,18)/b13-9-. The SMILES string of the molecule is CCCN1C(=O)S/C(=C\c2ccc(NC(C)=O)cc2)C1=O. The van der Waals surface area contributed by atoms with Gasteiger partial charge >= 0.3 is 0 Å². The van der Waals surface area contributed by atoms with Gasteiger partial charge in [0.1, 0.15) is 0 Å². The summed E-state index contributed by atoms with van der Waals surface area (Å²) < 4.78 is 0. The number of nitrogens with one attached hydrogen (secondary N) is 1. The Balaban J connectivity index is 2.15. The molecule has 1 N–H and O–H groups in total. The molecule has 0 spiro atoms. The van der Waals surface area contributed by atoms with Gasteiger partial charge in [-0.15, -0.1) is 0 Å². The molecule has 110 valence electrons. The summed E-state index contributed by atoms with van der Waals surface area (Å²) >= 11 is 0.960. The van der Waals surface area contributed by atoms with Gasteiger partial charge in [-0.25, -0.2) is 0 Å². The lowest BCUT2D eigenvalue weighted by Crippen LogP contribution is -2.28. The smallest absolute Gasteiger partial charge is 0.293 e. The summed E-state index contributed by atoms with van der Waals surface area (Å²) in [7, 11) is 0. The monoisotopic (exact) mass is 304 g/mol. The third-order valence-electron chi connectivity index (χ3n) is 2.85. The first kappa shape index (κ1) is 15.3. The number of rotatable bonds is 4. The second kappa shape index (κ2) is 6.58. The molecule has 6 heteroatoms. The molecule has 21 heavy (non-hydrogen) atoms. The number of nitrogens with zero attached hydrogens (tertiary/aromatic N) is 1. The predicted octanol–water partition coefficient (Wildman–Crippen LogP) is 3.09. The first-order valence-corrected chi connectivity index (χ1v) is 7.46. The van der Waals surface area contributed by atoms with Crippen molar-refractivity contribution in [2.45, 2.75) is 20.3 Å². The Morgan fingerprint density at radius 2 is 1.95 bits per heavy atom. The van der Waals surface area contributed by atoms with Crippen molar-refractivity contribution in [1.82, 2.24) is 4.90 Å². The molecule has 0 atom stereocenters. The van der Waals surface area contributed by atoms with E-state index in [1.54, 1.807) is 30.3 Å². The fraction of sp³-hybridized carbons (Fsp3) is 0.267. The summed E-state index contributed by atoms with van der Waals surface area (Å²) in [4.78, 5) is 36.4. The fourth-order valence-electron chi connectivity index (χ4n) is 1.93. The van der Waals surface area contributed by atoms with Crippen LogP contribution in [0.2, 0.25) is 0 Å². The van der Waals surface area contributed by atoms with E-state index in [0.29, 0.717) is 17.1 Å². The van der Waals surface area contributed by atoms with Crippen molar-refractivity contribution in [3.8, 4) is 0 Å². The average Bonchev–Trinajstić information content (AvgIpc) is 2.69. The summed E-state index contributed by atoms with van der Waals surface area (Å²) in [6, 6.07) is 7.09. The summed E-state index contributed by atoms with van der Waals surface area (Å²) in [6.45, 7) is 3.81. The van der Waals surface area contributed by atoms with Crippen molar-refractivity contribution in [3.63, 3.8) is 0 Å². The molecule has 0 saturated carbocycles. The van der Waals surface area contributed by atoms with Gasteiger partial charge in [0.25, 0.3) is 11.1 Å². The molecule has 5 nitrogen and oxygen atoms in total. The Hall–Kier alpha value is -2.08. The van der Waals surface area contributed by atoms with Crippen molar-refractivity contribution in [3.05, 3.63) is 34.7 Å². The molecule has 0 aliphatic carbocycles. The topological polar surface area (TPSA) is 66.5 Å². The molecule has 1 heterocycles. The molecule has 0 aromatic heterocycles. The molecule has 1 aromatic rings. The Morgan fingerprint density at radius 1 is 1.29 bits per heavy atom. The van der Waals surface area contributed by atoms with Crippen molar-refractivity contribution in [2.24, 2.45) is 0 Å². The number of anilines is 1. The van der Waals surface area contributed by atoms with Crippen LogP contribution in [0, 0.1) is 0 Å². The molecular weight excluding hydrogens is 288 g/mol. The molecular formula is C15H16N2O3S. The minimum Gasteiger partial charge on any atom is -0.326 e. The summed E-state index contributed by atoms with van der Waals surface area (Å²) in [5, 5.41) is 2.45. The van der Waals surface area contributed by atoms with Crippen LogP contribution in [-0.2, 0) is 9.59 Å². The fourth-order valence-corrected chi connectivity index (χ4v) is 2.80. The van der Waals surface area contributed by atoms with Gasteiger partial charge in [-0.2, -0.15) is 0 Å². The molecule has 2 rings (SSSR count). The molecule has 0 radical (unpaired) electrons. The zero-order valence-corrected chi connectivity index (χ0v) is 12.7. The van der Waals surface area contributed by atoms with E-state index in [4.69, 9.17) is 0 Å². The molecule has 1 aliphatic heterocycles. The highest BCUT2D eigenvalue weighted by Gasteiger charge is 2.34. The highest BCUT2D eigenvalue weighted by molar-refractivity contribution is 8.18. The van der Waals surface area contributed by atoms with E-state index in [9.17, 15) is 14.4 Å². The Bertz CT molecular complexity index is 608. The number of hydrogen-bond donors (Lipinski definition) is 1. The van der Waals surface area contributed by atoms with Crippen molar-refractivity contribution in [1.29, 1.82) is 0 Å². The van der Waals surface area contributed by atoms with Crippen LogP contribution in [-0.4, -0.2) is 28.5 Å². The lowest BCUT2D eigenvalue weighted by Gasteiger charge is -2.09. The second-order valence-corrected chi connectivity index (χ2v) is 5.63. The molecule has 1 fully saturated rings. The van der Waals surface area contributed by atoms with Gasteiger partial charge < -0.3 is 5.32 Å². The summed E-state index contributed by atoms with van der Waals surface area (Å²) in [5.74, 6) is -0.374. The molecule has 0 bridgehead atoms. The van der Waals surface area contributed by atoms with Crippen LogP contribution in [0.15, 0.2) is 29.2 Å². The number of carbonyl (C=O) groups excluding carboxylic acids is 3. The van der Waals surface area contributed by atoms with Gasteiger partial charge in [-0.3, -0.25) is 19.3 Å². The van der Waals surface area contributed by atoms with E-state index in [0.717, 1.165) is 23.7 Å². The van der Waals surface area contributed by atoms with E-state index < -0.39 is 0 Å². The van der Waals surface area contributed by atoms with Gasteiger partial charge in [0, 0.05) is 19.2 Å². The van der Waals surface area contributed by atoms with Gasteiger partial charge in [-0.05, 0) is 42.0 Å². The molecule has 0 unspecified atom stereocenters. The number of carbonyl (C=O) groups is 3. The number of thioether (sulfide) groups is 1. The molecule has 3 amide bonds. The zero-order chi connectivity index (χ0) is 15.4. The Kier molecular flexibility index (Phi) is 4.80. The minimum atomic E-state index is -0.238. The molecule has 1 aliphatic rings. The lowest BCUT2D eigenvalue weighted by atomic mass is 10.2. The number of benzene rings is 1. The van der Waals surface area contributed by atoms with E-state index in [2.05, 4.69) is 5.32 Å². The number of hydrogen-bond acceptors (Lipinski definition) is 4. The zero-order valence-electron chi connectivity index (χ0n) is 11.9. The first-order valence-electron chi connectivity index (χ1n) is 6.64. The van der Waals surface area contributed by atoms with E-state index in [1.165, 1.54) is 11.8 Å². The van der Waals surface area contributed by atoms with E-state index in [1.807, 2.05) is 6.92 Å². The quantitative estimate of drug-likeness (QED) is 0.868. The highest BCUT2D eigenvalue weighted by Crippen LogP contribution is 2.32. The van der Waals surface area contributed by atoms with Crippen LogP contribution in [0.1, 0.15) is 25.8 Å². The van der Waals surface area contributed by atoms with Crippen molar-refractivity contribution in [2.75, 3.05) is 11.9 Å². The maximum absolute atomic E-state index is 12.1. The predicted molar refractivity (Wildman–Crippen MR) is 83.7 cm³/mol. The summed E-state index contributed by atoms with van der Waals surface area (Å²) in [5.41, 5.74) is 1.50. The van der Waals surface area contributed by atoms with Gasteiger partial charge in [0.05, 0.1) is 4.91 Å². The van der Waals surface area contributed by atoms with Crippen LogP contribution in [0.25, 0.3) is 6.08 Å². The summed E-state index contributed by atoms with van der Waals surface area (Å²) in [6.07, 6.45) is 2.44. The molecule has 1 aromatic carbocycles. The minimum absolute atomic E-state index is 0.136. The van der Waals surface area contributed by atoms with Crippen molar-refractivity contribution < 1.29 is 14.4 Å². The Labute approximate surface area is 127 Å². The third-order valence-corrected chi connectivity index (χ3v) is 3.76. The maximum Gasteiger partial charge on any atom is 0.293 e. The van der Waals surface area contributed by atoms with Crippen LogP contribution in [0.4, 0.5) is 10.5 Å².